The Balaban J connectivity index is 2.35. The number of nitrogens with zero attached hydrogens (tertiary/aromatic N) is 2. The Morgan fingerprint density at radius 2 is 2.62 bits per heavy atom. The fourth-order valence-electron chi connectivity index (χ4n) is 0.723. The molecule has 1 rings (SSSR count). The van der Waals surface area contributed by atoms with Gasteiger partial charge in [0, 0.05) is 12.4 Å². The normalized spacial score (nSPS) is 12.5. The maximum atomic E-state index is 11.2. The third-order valence-electron chi connectivity index (χ3n) is 1.52. The number of nitrogens with one attached hydrogen (secondary N) is 2. The highest BCUT2D eigenvalue weighted by Gasteiger charge is 2.08. The van der Waals surface area contributed by atoms with Gasteiger partial charge in [0.2, 0.25) is 0 Å². The molecule has 0 aromatic carbocycles. The van der Waals surface area contributed by atoms with Gasteiger partial charge in [-0.2, -0.15) is 15.4 Å². The lowest BCUT2D eigenvalue weighted by molar-refractivity contribution is 0.0944. The second-order valence-electron chi connectivity index (χ2n) is 2.82. The molecule has 0 aliphatic carbocycles. The maximum absolute atomic E-state index is 11.2. The molecule has 0 aliphatic rings. The first-order chi connectivity index (χ1) is 6.24. The summed E-state index contributed by atoms with van der Waals surface area (Å²) < 4.78 is 0. The largest absolute Gasteiger partial charge is 0.350 e. The van der Waals surface area contributed by atoms with Crippen LogP contribution in [0.2, 0.25) is 0 Å². The number of aromatic nitrogens is 3. The van der Waals surface area contributed by atoms with Gasteiger partial charge in [-0.15, -0.1) is 11.6 Å². The van der Waals surface area contributed by atoms with Crippen LogP contribution >= 0.6 is 11.6 Å². The summed E-state index contributed by atoms with van der Waals surface area (Å²) in [6, 6.07) is 0. The van der Waals surface area contributed by atoms with Crippen molar-refractivity contribution >= 4 is 17.5 Å². The smallest absolute Gasteiger partial charge is 0.273 e. The Kier molecular flexibility index (Phi) is 3.70. The van der Waals surface area contributed by atoms with Crippen molar-refractivity contribution in [1.29, 1.82) is 0 Å². The number of carbonyl (C=O) groups is 1. The number of aromatic amines is 1. The summed E-state index contributed by atoms with van der Waals surface area (Å²) >= 11 is 5.57. The van der Waals surface area contributed by atoms with Gasteiger partial charge < -0.3 is 5.32 Å². The van der Waals surface area contributed by atoms with Crippen molar-refractivity contribution in [2.75, 3.05) is 12.4 Å². The quantitative estimate of drug-likeness (QED) is 0.695. The molecule has 1 aromatic heterocycles. The van der Waals surface area contributed by atoms with Crippen molar-refractivity contribution in [3.05, 3.63) is 11.9 Å². The summed E-state index contributed by atoms with van der Waals surface area (Å²) in [6.45, 7) is 2.51. The van der Waals surface area contributed by atoms with Crippen LogP contribution in [0.15, 0.2) is 6.20 Å². The molecule has 1 unspecified atom stereocenters. The molecule has 5 nitrogen and oxygen atoms in total. The van der Waals surface area contributed by atoms with E-state index in [0.717, 1.165) is 0 Å². The predicted molar refractivity (Wildman–Crippen MR) is 48.6 cm³/mol. The lowest BCUT2D eigenvalue weighted by Gasteiger charge is -2.07. The fraction of sp³-hybridized carbons (Fsp3) is 0.571. The fourth-order valence-corrected chi connectivity index (χ4v) is 0.832. The van der Waals surface area contributed by atoms with Crippen molar-refractivity contribution < 1.29 is 4.79 Å². The van der Waals surface area contributed by atoms with E-state index in [-0.39, 0.29) is 11.8 Å². The lowest BCUT2D eigenvalue weighted by atomic mass is 10.2. The zero-order chi connectivity index (χ0) is 9.68. The molecule has 0 spiro atoms. The number of hydrogen-bond acceptors (Lipinski definition) is 3. The minimum atomic E-state index is -0.231. The topological polar surface area (TPSA) is 70.7 Å². The lowest BCUT2D eigenvalue weighted by Crippen LogP contribution is -2.29. The standard InChI is InChI=1S/C7H11ClN4O/c1-5(2-8)3-9-7(13)6-4-10-12-11-6/h4-5H,2-3H2,1H3,(H,9,13)(H,10,11,12). The average Bonchev–Trinajstić information content (AvgIpc) is 2.66. The van der Waals surface area contributed by atoms with Crippen LogP contribution in [-0.2, 0) is 0 Å². The minimum absolute atomic E-state index is 0.231. The summed E-state index contributed by atoms with van der Waals surface area (Å²) in [7, 11) is 0. The molecular formula is C7H11ClN4O. The number of alkyl halides is 1. The van der Waals surface area contributed by atoms with E-state index in [1.165, 1.54) is 6.20 Å². The molecule has 2 N–H and O–H groups in total. The van der Waals surface area contributed by atoms with Gasteiger partial charge in [0.25, 0.3) is 5.91 Å². The molecule has 0 bridgehead atoms. The zero-order valence-corrected chi connectivity index (χ0v) is 8.01. The van der Waals surface area contributed by atoms with E-state index in [1.807, 2.05) is 6.92 Å². The van der Waals surface area contributed by atoms with E-state index in [4.69, 9.17) is 11.6 Å². The average molecular weight is 203 g/mol. The highest BCUT2D eigenvalue weighted by atomic mass is 35.5. The summed E-state index contributed by atoms with van der Waals surface area (Å²) in [5.74, 6) is 0.558. The first kappa shape index (κ1) is 9.98. The highest BCUT2D eigenvalue weighted by Crippen LogP contribution is 1.96. The number of rotatable bonds is 4. The molecule has 6 heteroatoms. The first-order valence-corrected chi connectivity index (χ1v) is 4.47. The Hall–Kier alpha value is -1.10. The van der Waals surface area contributed by atoms with Crippen LogP contribution in [0, 0.1) is 5.92 Å². The SMILES string of the molecule is CC(CCl)CNC(=O)c1cn[nH]n1. The van der Waals surface area contributed by atoms with E-state index < -0.39 is 0 Å². The van der Waals surface area contributed by atoms with Crippen molar-refractivity contribution in [2.45, 2.75) is 6.92 Å². The van der Waals surface area contributed by atoms with E-state index in [0.29, 0.717) is 18.1 Å². The number of halogens is 1. The molecule has 13 heavy (non-hydrogen) atoms. The molecule has 1 aromatic rings. The molecule has 0 radical (unpaired) electrons. The van der Waals surface area contributed by atoms with E-state index in [2.05, 4.69) is 20.7 Å². The second-order valence-corrected chi connectivity index (χ2v) is 3.13. The highest BCUT2D eigenvalue weighted by molar-refractivity contribution is 6.18. The molecule has 0 aliphatic heterocycles. The van der Waals surface area contributed by atoms with Gasteiger partial charge in [-0.3, -0.25) is 4.79 Å². The van der Waals surface area contributed by atoms with Crippen LogP contribution in [0.25, 0.3) is 0 Å². The first-order valence-electron chi connectivity index (χ1n) is 3.94. The molecule has 1 amide bonds. The van der Waals surface area contributed by atoms with E-state index in [1.54, 1.807) is 0 Å². The van der Waals surface area contributed by atoms with Crippen LogP contribution < -0.4 is 5.32 Å². The van der Waals surface area contributed by atoms with Crippen LogP contribution in [0.1, 0.15) is 17.4 Å². The Morgan fingerprint density at radius 3 is 3.15 bits per heavy atom. The Labute approximate surface area is 80.9 Å². The molecule has 0 saturated heterocycles. The zero-order valence-electron chi connectivity index (χ0n) is 7.25. The summed E-state index contributed by atoms with van der Waals surface area (Å²) in [5, 5.41) is 12.2. The van der Waals surface area contributed by atoms with Gasteiger partial charge in [-0.05, 0) is 5.92 Å². The van der Waals surface area contributed by atoms with Gasteiger partial charge in [-0.25, -0.2) is 0 Å². The summed E-state index contributed by atoms with van der Waals surface area (Å²) in [5.41, 5.74) is 0.293. The summed E-state index contributed by atoms with van der Waals surface area (Å²) in [6.07, 6.45) is 1.38. The van der Waals surface area contributed by atoms with Gasteiger partial charge >= 0.3 is 0 Å². The van der Waals surface area contributed by atoms with Crippen molar-refractivity contribution in [2.24, 2.45) is 5.92 Å². The van der Waals surface area contributed by atoms with Crippen molar-refractivity contribution in [3.63, 3.8) is 0 Å². The third kappa shape index (κ3) is 3.02. The van der Waals surface area contributed by atoms with Crippen LogP contribution in [0.4, 0.5) is 0 Å². The molecule has 0 saturated carbocycles. The van der Waals surface area contributed by atoms with E-state index in [9.17, 15) is 4.79 Å². The van der Waals surface area contributed by atoms with E-state index >= 15 is 0 Å². The third-order valence-corrected chi connectivity index (χ3v) is 2.05. The van der Waals surface area contributed by atoms with Crippen molar-refractivity contribution in [1.82, 2.24) is 20.7 Å². The Morgan fingerprint density at radius 1 is 1.85 bits per heavy atom. The molecule has 72 valence electrons. The van der Waals surface area contributed by atoms with Gasteiger partial charge in [-0.1, -0.05) is 6.92 Å². The minimum Gasteiger partial charge on any atom is -0.350 e. The van der Waals surface area contributed by atoms with Gasteiger partial charge in [0.15, 0.2) is 5.69 Å². The number of hydrogen-bond donors (Lipinski definition) is 2. The van der Waals surface area contributed by atoms with Gasteiger partial charge in [0.05, 0.1) is 6.20 Å². The Bertz CT molecular complexity index is 261. The van der Waals surface area contributed by atoms with Crippen molar-refractivity contribution in [3.8, 4) is 0 Å². The summed E-state index contributed by atoms with van der Waals surface area (Å²) in [4.78, 5) is 11.2. The number of amides is 1. The monoisotopic (exact) mass is 202 g/mol. The molecular weight excluding hydrogens is 192 g/mol. The van der Waals surface area contributed by atoms with Crippen LogP contribution in [-0.4, -0.2) is 33.7 Å². The number of carbonyl (C=O) groups excluding carboxylic acids is 1. The molecule has 0 fully saturated rings. The molecule has 1 atom stereocenters. The van der Waals surface area contributed by atoms with Crippen LogP contribution in [0.3, 0.4) is 0 Å². The predicted octanol–water partition coefficient (Wildman–Crippen LogP) is 0.409. The maximum Gasteiger partial charge on any atom is 0.273 e. The second kappa shape index (κ2) is 4.81. The van der Waals surface area contributed by atoms with Crippen LogP contribution in [0.5, 0.6) is 0 Å². The van der Waals surface area contributed by atoms with Gasteiger partial charge in [0.1, 0.15) is 0 Å². The molecule has 1 heterocycles. The number of H-pyrrole nitrogens is 1.